The van der Waals surface area contributed by atoms with Gasteiger partial charge in [-0.05, 0) is 40.1 Å². The predicted octanol–water partition coefficient (Wildman–Crippen LogP) is 10.2. The lowest BCUT2D eigenvalue weighted by molar-refractivity contribution is 0.669. The Morgan fingerprint density at radius 1 is 0.452 bits per heavy atom. The molecule has 2 aromatic heterocycles. The first-order chi connectivity index (χ1) is 20.7. The molecule has 0 aliphatic heterocycles. The highest BCUT2D eigenvalue weighted by Gasteiger charge is 2.17. The van der Waals surface area contributed by atoms with Crippen LogP contribution in [0.25, 0.3) is 78.0 Å². The van der Waals surface area contributed by atoms with E-state index in [9.17, 15) is 0 Å². The molecule has 0 spiro atoms. The van der Waals surface area contributed by atoms with Crippen molar-refractivity contribution in [2.75, 3.05) is 0 Å². The van der Waals surface area contributed by atoms with Gasteiger partial charge >= 0.3 is 0 Å². The molecule has 0 N–H and O–H groups in total. The Kier molecular flexibility index (Phi) is 5.80. The van der Waals surface area contributed by atoms with Crippen molar-refractivity contribution in [1.29, 1.82) is 0 Å². The molecule has 0 amide bonds. The lowest BCUT2D eigenvalue weighted by Crippen LogP contribution is -2.00. The fourth-order valence-corrected chi connectivity index (χ4v) is 5.84. The molecule has 0 fully saturated rings. The Bertz CT molecular complexity index is 2200. The standard InChI is InChI=1S/C37H22ClN3O/c38-31-20-10-19-29-33-28-18-8-7-17-27(28)30(22-32(33)42-34(29)31)25-15-9-16-26(21-25)37-40-35(23-11-3-1-4-12-23)39-36(41-37)24-13-5-2-6-14-24/h1-22H. The highest BCUT2D eigenvalue weighted by atomic mass is 35.5. The summed E-state index contributed by atoms with van der Waals surface area (Å²) >= 11 is 6.53. The van der Waals surface area contributed by atoms with Crippen molar-refractivity contribution in [2.24, 2.45) is 0 Å². The van der Waals surface area contributed by atoms with Crippen LogP contribution in [0.5, 0.6) is 0 Å². The third-order valence-electron chi connectivity index (χ3n) is 7.59. The molecule has 0 saturated heterocycles. The minimum Gasteiger partial charge on any atom is -0.454 e. The van der Waals surface area contributed by atoms with Gasteiger partial charge in [0.05, 0.1) is 5.02 Å². The molecular formula is C37H22ClN3O. The predicted molar refractivity (Wildman–Crippen MR) is 171 cm³/mol. The first-order valence-electron chi connectivity index (χ1n) is 13.7. The van der Waals surface area contributed by atoms with E-state index in [1.54, 1.807) is 0 Å². The van der Waals surface area contributed by atoms with Gasteiger partial charge in [0.15, 0.2) is 23.1 Å². The van der Waals surface area contributed by atoms with E-state index in [-0.39, 0.29) is 0 Å². The summed E-state index contributed by atoms with van der Waals surface area (Å²) in [7, 11) is 0. The van der Waals surface area contributed by atoms with Crippen LogP contribution < -0.4 is 0 Å². The van der Waals surface area contributed by atoms with Crippen LogP contribution in [0, 0.1) is 0 Å². The number of fused-ring (bicyclic) bond motifs is 5. The molecule has 0 aliphatic rings. The van der Waals surface area contributed by atoms with E-state index in [1.807, 2.05) is 84.9 Å². The van der Waals surface area contributed by atoms with E-state index < -0.39 is 0 Å². The second kappa shape index (κ2) is 9.95. The summed E-state index contributed by atoms with van der Waals surface area (Å²) in [5, 5.41) is 4.95. The molecule has 0 bridgehead atoms. The van der Waals surface area contributed by atoms with Gasteiger partial charge in [0.25, 0.3) is 0 Å². The Morgan fingerprint density at radius 3 is 1.67 bits per heavy atom. The molecule has 2 heterocycles. The maximum absolute atomic E-state index is 6.53. The third kappa shape index (κ3) is 4.12. The summed E-state index contributed by atoms with van der Waals surface area (Å²) in [5.74, 6) is 1.89. The second-order valence-electron chi connectivity index (χ2n) is 10.2. The van der Waals surface area contributed by atoms with Crippen molar-refractivity contribution < 1.29 is 4.42 Å². The summed E-state index contributed by atoms with van der Waals surface area (Å²) in [6, 6.07) is 44.8. The van der Waals surface area contributed by atoms with Crippen molar-refractivity contribution in [3.63, 3.8) is 0 Å². The minimum atomic E-state index is 0.606. The first-order valence-corrected chi connectivity index (χ1v) is 14.1. The largest absolute Gasteiger partial charge is 0.454 e. The van der Waals surface area contributed by atoms with Gasteiger partial charge in [-0.2, -0.15) is 0 Å². The molecule has 0 radical (unpaired) electrons. The number of hydrogen-bond donors (Lipinski definition) is 0. The smallest absolute Gasteiger partial charge is 0.164 e. The molecule has 8 rings (SSSR count). The summed E-state index contributed by atoms with van der Waals surface area (Å²) in [5.41, 5.74) is 6.40. The van der Waals surface area contributed by atoms with Crippen LogP contribution in [0.2, 0.25) is 5.02 Å². The zero-order valence-electron chi connectivity index (χ0n) is 22.3. The number of halogens is 1. The van der Waals surface area contributed by atoms with Gasteiger partial charge in [-0.3, -0.25) is 0 Å². The third-order valence-corrected chi connectivity index (χ3v) is 7.89. The van der Waals surface area contributed by atoms with E-state index >= 15 is 0 Å². The lowest BCUT2D eigenvalue weighted by Gasteiger charge is -2.11. The average molecular weight is 560 g/mol. The quantitative estimate of drug-likeness (QED) is 0.215. The number of furan rings is 1. The zero-order chi connectivity index (χ0) is 28.0. The Hall–Kier alpha value is -5.32. The molecule has 42 heavy (non-hydrogen) atoms. The number of rotatable bonds is 4. The van der Waals surface area contributed by atoms with Gasteiger partial charge in [0, 0.05) is 27.5 Å². The highest BCUT2D eigenvalue weighted by Crippen LogP contribution is 2.42. The van der Waals surface area contributed by atoms with Crippen LogP contribution in [-0.2, 0) is 0 Å². The van der Waals surface area contributed by atoms with Gasteiger partial charge in [-0.25, -0.2) is 15.0 Å². The van der Waals surface area contributed by atoms with Gasteiger partial charge < -0.3 is 4.42 Å². The van der Waals surface area contributed by atoms with Crippen LogP contribution in [0.3, 0.4) is 0 Å². The van der Waals surface area contributed by atoms with Crippen LogP contribution in [0.1, 0.15) is 0 Å². The SMILES string of the molecule is Clc1cccc2c1oc1cc(-c3cccc(-c4nc(-c5ccccc5)nc(-c5ccccc5)n4)c3)c3ccccc3c12. The molecule has 0 atom stereocenters. The van der Waals surface area contributed by atoms with Crippen LogP contribution in [-0.4, -0.2) is 15.0 Å². The number of aromatic nitrogens is 3. The molecule has 0 aliphatic carbocycles. The molecule has 0 unspecified atom stereocenters. The zero-order valence-corrected chi connectivity index (χ0v) is 23.1. The molecule has 5 heteroatoms. The highest BCUT2D eigenvalue weighted by molar-refractivity contribution is 6.36. The summed E-state index contributed by atoms with van der Waals surface area (Å²) in [6.45, 7) is 0. The molecule has 8 aromatic rings. The van der Waals surface area contributed by atoms with Crippen molar-refractivity contribution >= 4 is 44.3 Å². The first kappa shape index (κ1) is 24.5. The van der Waals surface area contributed by atoms with Crippen molar-refractivity contribution in [3.05, 3.63) is 138 Å². The number of benzene rings is 6. The van der Waals surface area contributed by atoms with Crippen molar-refractivity contribution in [3.8, 4) is 45.3 Å². The van der Waals surface area contributed by atoms with Crippen LogP contribution in [0.4, 0.5) is 0 Å². The molecule has 198 valence electrons. The van der Waals surface area contributed by atoms with E-state index in [4.69, 9.17) is 31.0 Å². The Balaban J connectivity index is 1.33. The number of nitrogens with zero attached hydrogens (tertiary/aromatic N) is 3. The summed E-state index contributed by atoms with van der Waals surface area (Å²) in [6.07, 6.45) is 0. The lowest BCUT2D eigenvalue weighted by atomic mass is 9.94. The monoisotopic (exact) mass is 559 g/mol. The summed E-state index contributed by atoms with van der Waals surface area (Å²) in [4.78, 5) is 14.7. The maximum Gasteiger partial charge on any atom is 0.164 e. The van der Waals surface area contributed by atoms with E-state index in [2.05, 4.69) is 48.5 Å². The number of hydrogen-bond acceptors (Lipinski definition) is 4. The molecular weight excluding hydrogens is 538 g/mol. The maximum atomic E-state index is 6.53. The number of para-hydroxylation sites is 1. The molecule has 0 saturated carbocycles. The van der Waals surface area contributed by atoms with Gasteiger partial charge in [-0.1, -0.05) is 127 Å². The molecule has 4 nitrogen and oxygen atoms in total. The summed E-state index contributed by atoms with van der Waals surface area (Å²) < 4.78 is 6.33. The van der Waals surface area contributed by atoms with E-state index in [0.29, 0.717) is 28.1 Å². The topological polar surface area (TPSA) is 51.8 Å². The fraction of sp³-hybridized carbons (Fsp3) is 0. The fourth-order valence-electron chi connectivity index (χ4n) is 5.63. The van der Waals surface area contributed by atoms with Crippen molar-refractivity contribution in [1.82, 2.24) is 15.0 Å². The van der Waals surface area contributed by atoms with E-state index in [0.717, 1.165) is 54.9 Å². The Morgan fingerprint density at radius 2 is 0.976 bits per heavy atom. The van der Waals surface area contributed by atoms with Gasteiger partial charge in [-0.15, -0.1) is 0 Å². The van der Waals surface area contributed by atoms with Crippen LogP contribution in [0.15, 0.2) is 138 Å². The van der Waals surface area contributed by atoms with E-state index in [1.165, 1.54) is 0 Å². The normalized spacial score (nSPS) is 11.5. The van der Waals surface area contributed by atoms with Gasteiger partial charge in [0.1, 0.15) is 5.58 Å². The van der Waals surface area contributed by atoms with Crippen molar-refractivity contribution in [2.45, 2.75) is 0 Å². The van der Waals surface area contributed by atoms with Gasteiger partial charge in [0.2, 0.25) is 0 Å². The average Bonchev–Trinajstić information content (AvgIpc) is 3.45. The minimum absolute atomic E-state index is 0.606. The van der Waals surface area contributed by atoms with Crippen LogP contribution >= 0.6 is 11.6 Å². The second-order valence-corrected chi connectivity index (χ2v) is 10.6. The Labute approximate surface area is 246 Å². The molecule has 6 aromatic carbocycles.